The van der Waals surface area contributed by atoms with E-state index in [0.717, 1.165) is 23.7 Å². The Labute approximate surface area is 105 Å². The molecule has 4 heteroatoms. The Kier molecular flexibility index (Phi) is 7.14. The SMILES string of the molecule is CCCC[C@@H](N)c1c(F)cccc1Br.Cl. The van der Waals surface area contributed by atoms with Gasteiger partial charge in [0.2, 0.25) is 0 Å². The molecule has 0 aliphatic heterocycles. The summed E-state index contributed by atoms with van der Waals surface area (Å²) < 4.78 is 14.2. The van der Waals surface area contributed by atoms with Gasteiger partial charge in [0.05, 0.1) is 0 Å². The lowest BCUT2D eigenvalue weighted by molar-refractivity contribution is 0.545. The van der Waals surface area contributed by atoms with Crippen LogP contribution in [0.15, 0.2) is 22.7 Å². The van der Waals surface area contributed by atoms with Crippen LogP contribution in [0.3, 0.4) is 0 Å². The summed E-state index contributed by atoms with van der Waals surface area (Å²) in [5.41, 5.74) is 6.51. The van der Waals surface area contributed by atoms with Crippen LogP contribution in [0, 0.1) is 5.82 Å². The molecule has 0 fully saturated rings. The summed E-state index contributed by atoms with van der Waals surface area (Å²) in [7, 11) is 0. The van der Waals surface area contributed by atoms with Crippen molar-refractivity contribution in [1.29, 1.82) is 0 Å². The molecule has 2 N–H and O–H groups in total. The van der Waals surface area contributed by atoms with Gasteiger partial charge in [-0.1, -0.05) is 41.8 Å². The second-order valence-corrected chi connectivity index (χ2v) is 4.24. The van der Waals surface area contributed by atoms with Crippen LogP contribution >= 0.6 is 28.3 Å². The largest absolute Gasteiger partial charge is 0.324 e. The molecular formula is C11H16BrClFN. The van der Waals surface area contributed by atoms with Gasteiger partial charge >= 0.3 is 0 Å². The Bertz CT molecular complexity index is 286. The van der Waals surface area contributed by atoms with Crippen LogP contribution < -0.4 is 5.73 Å². The molecule has 0 aliphatic carbocycles. The molecular weight excluding hydrogens is 280 g/mol. The highest BCUT2D eigenvalue weighted by Gasteiger charge is 2.13. The van der Waals surface area contributed by atoms with E-state index in [9.17, 15) is 4.39 Å². The van der Waals surface area contributed by atoms with Gasteiger partial charge in [0.15, 0.2) is 0 Å². The zero-order valence-corrected chi connectivity index (χ0v) is 11.1. The summed E-state index contributed by atoms with van der Waals surface area (Å²) in [6, 6.07) is 4.75. The monoisotopic (exact) mass is 295 g/mol. The van der Waals surface area contributed by atoms with Gasteiger partial charge in [-0.05, 0) is 18.6 Å². The normalized spacial score (nSPS) is 12.0. The Morgan fingerprint density at radius 3 is 2.67 bits per heavy atom. The minimum atomic E-state index is -0.219. The van der Waals surface area contributed by atoms with Crippen LogP contribution in [-0.4, -0.2) is 0 Å². The van der Waals surface area contributed by atoms with Crippen molar-refractivity contribution in [3.8, 4) is 0 Å². The Hall–Kier alpha value is -0.120. The average Bonchev–Trinajstić information content (AvgIpc) is 2.14. The van der Waals surface area contributed by atoms with Gasteiger partial charge in [0, 0.05) is 16.1 Å². The molecule has 1 aromatic carbocycles. The molecule has 0 unspecified atom stereocenters. The van der Waals surface area contributed by atoms with Crippen LogP contribution in [0.25, 0.3) is 0 Å². The molecule has 0 radical (unpaired) electrons. The minimum absolute atomic E-state index is 0. The highest BCUT2D eigenvalue weighted by Crippen LogP contribution is 2.27. The molecule has 0 heterocycles. The van der Waals surface area contributed by atoms with Gasteiger partial charge < -0.3 is 5.73 Å². The molecule has 1 rings (SSSR count). The number of hydrogen-bond donors (Lipinski definition) is 1. The van der Waals surface area contributed by atoms with Crippen molar-refractivity contribution < 1.29 is 4.39 Å². The third-order valence-electron chi connectivity index (χ3n) is 2.24. The van der Waals surface area contributed by atoms with Crippen LogP contribution in [-0.2, 0) is 0 Å². The van der Waals surface area contributed by atoms with Gasteiger partial charge in [0.1, 0.15) is 5.82 Å². The quantitative estimate of drug-likeness (QED) is 0.885. The lowest BCUT2D eigenvalue weighted by Crippen LogP contribution is -2.12. The second-order valence-electron chi connectivity index (χ2n) is 3.38. The van der Waals surface area contributed by atoms with Crippen molar-refractivity contribution in [2.24, 2.45) is 5.73 Å². The van der Waals surface area contributed by atoms with Gasteiger partial charge in [-0.25, -0.2) is 4.39 Å². The molecule has 1 aromatic rings. The third kappa shape index (κ3) is 4.09. The fourth-order valence-corrected chi connectivity index (χ4v) is 2.07. The number of rotatable bonds is 4. The lowest BCUT2D eigenvalue weighted by Gasteiger charge is -2.14. The van der Waals surface area contributed by atoms with E-state index in [0.29, 0.717) is 5.56 Å². The van der Waals surface area contributed by atoms with Crippen molar-refractivity contribution in [3.63, 3.8) is 0 Å². The first-order valence-electron chi connectivity index (χ1n) is 4.86. The van der Waals surface area contributed by atoms with Crippen LogP contribution in [0.5, 0.6) is 0 Å². The summed E-state index contributed by atoms with van der Waals surface area (Å²) >= 11 is 3.32. The standard InChI is InChI=1S/C11H15BrFN.ClH/c1-2-3-7-10(14)11-8(12)5-4-6-9(11)13;/h4-6,10H,2-3,7,14H2,1H3;1H/t10-;/m1./s1. The summed E-state index contributed by atoms with van der Waals surface area (Å²) in [4.78, 5) is 0. The molecule has 0 aliphatic rings. The summed E-state index contributed by atoms with van der Waals surface area (Å²) in [6.45, 7) is 2.10. The molecule has 0 saturated carbocycles. The van der Waals surface area contributed by atoms with Crippen molar-refractivity contribution in [1.82, 2.24) is 0 Å². The van der Waals surface area contributed by atoms with Gasteiger partial charge in [-0.3, -0.25) is 0 Å². The smallest absolute Gasteiger partial charge is 0.129 e. The molecule has 86 valence electrons. The first-order valence-corrected chi connectivity index (χ1v) is 5.65. The van der Waals surface area contributed by atoms with Gasteiger partial charge in [-0.15, -0.1) is 12.4 Å². The molecule has 0 bridgehead atoms. The van der Waals surface area contributed by atoms with Crippen molar-refractivity contribution in [3.05, 3.63) is 34.1 Å². The maximum Gasteiger partial charge on any atom is 0.129 e. The van der Waals surface area contributed by atoms with E-state index in [-0.39, 0.29) is 24.3 Å². The highest BCUT2D eigenvalue weighted by atomic mass is 79.9. The second kappa shape index (κ2) is 7.20. The van der Waals surface area contributed by atoms with E-state index in [2.05, 4.69) is 22.9 Å². The van der Waals surface area contributed by atoms with E-state index in [1.54, 1.807) is 6.07 Å². The molecule has 1 atom stereocenters. The minimum Gasteiger partial charge on any atom is -0.324 e. The highest BCUT2D eigenvalue weighted by molar-refractivity contribution is 9.10. The zero-order valence-electron chi connectivity index (χ0n) is 8.67. The van der Waals surface area contributed by atoms with Crippen LogP contribution in [0.1, 0.15) is 37.8 Å². The first-order chi connectivity index (χ1) is 6.66. The zero-order chi connectivity index (χ0) is 10.6. The molecule has 0 aromatic heterocycles. The lowest BCUT2D eigenvalue weighted by atomic mass is 10.0. The fraction of sp³-hybridized carbons (Fsp3) is 0.455. The van der Waals surface area contributed by atoms with E-state index in [1.165, 1.54) is 6.07 Å². The van der Waals surface area contributed by atoms with E-state index >= 15 is 0 Å². The predicted molar refractivity (Wildman–Crippen MR) is 67.8 cm³/mol. The van der Waals surface area contributed by atoms with Crippen molar-refractivity contribution in [2.45, 2.75) is 32.2 Å². The summed E-state index contributed by atoms with van der Waals surface area (Å²) in [6.07, 6.45) is 2.94. The van der Waals surface area contributed by atoms with Crippen LogP contribution in [0.2, 0.25) is 0 Å². The molecule has 0 amide bonds. The fourth-order valence-electron chi connectivity index (χ4n) is 1.43. The van der Waals surface area contributed by atoms with Crippen LogP contribution in [0.4, 0.5) is 4.39 Å². The number of unbranched alkanes of at least 4 members (excludes halogenated alkanes) is 1. The molecule has 0 spiro atoms. The number of nitrogens with two attached hydrogens (primary N) is 1. The Morgan fingerprint density at radius 1 is 1.47 bits per heavy atom. The molecule has 0 saturated heterocycles. The maximum atomic E-state index is 13.4. The predicted octanol–water partition coefficient (Wildman–Crippen LogP) is 4.20. The topological polar surface area (TPSA) is 26.0 Å². The summed E-state index contributed by atoms with van der Waals surface area (Å²) in [5, 5.41) is 0. The summed E-state index contributed by atoms with van der Waals surface area (Å²) in [5.74, 6) is -0.219. The average molecular weight is 297 g/mol. The van der Waals surface area contributed by atoms with Gasteiger partial charge in [0.25, 0.3) is 0 Å². The van der Waals surface area contributed by atoms with E-state index < -0.39 is 0 Å². The van der Waals surface area contributed by atoms with Crippen molar-refractivity contribution >= 4 is 28.3 Å². The molecule has 1 nitrogen and oxygen atoms in total. The number of benzene rings is 1. The van der Waals surface area contributed by atoms with Gasteiger partial charge in [-0.2, -0.15) is 0 Å². The van der Waals surface area contributed by atoms with Crippen molar-refractivity contribution in [2.75, 3.05) is 0 Å². The molecule has 15 heavy (non-hydrogen) atoms. The first kappa shape index (κ1) is 14.9. The Morgan fingerprint density at radius 2 is 2.13 bits per heavy atom. The van der Waals surface area contributed by atoms with E-state index in [1.807, 2.05) is 6.07 Å². The van der Waals surface area contributed by atoms with E-state index in [4.69, 9.17) is 5.73 Å². The maximum absolute atomic E-state index is 13.4. The number of halogens is 3. The number of hydrogen-bond acceptors (Lipinski definition) is 1. The third-order valence-corrected chi connectivity index (χ3v) is 2.93. The Balaban J connectivity index is 0.00000196.